The fourth-order valence-electron chi connectivity index (χ4n) is 3.40. The van der Waals surface area contributed by atoms with E-state index >= 15 is 0 Å². The van der Waals surface area contributed by atoms with Gasteiger partial charge in [-0.15, -0.1) is 0 Å². The highest BCUT2D eigenvalue weighted by Crippen LogP contribution is 2.25. The number of hydrogen-bond donors (Lipinski definition) is 2. The summed E-state index contributed by atoms with van der Waals surface area (Å²) in [6, 6.07) is 13.7. The molecule has 0 spiro atoms. The van der Waals surface area contributed by atoms with Crippen LogP contribution >= 0.6 is 0 Å². The van der Waals surface area contributed by atoms with E-state index in [-0.39, 0.29) is 11.9 Å². The number of aromatic nitrogens is 3. The van der Waals surface area contributed by atoms with E-state index in [1.165, 1.54) is 0 Å². The number of nitrogens with one attached hydrogen (secondary N) is 1. The fraction of sp³-hybridized carbons (Fsp3) is 0.304. The Morgan fingerprint density at radius 3 is 2.40 bits per heavy atom. The minimum absolute atomic E-state index is 0.0496. The molecule has 3 heterocycles. The molecule has 186 valence electrons. The van der Waals surface area contributed by atoms with Crippen LogP contribution in [0.3, 0.4) is 0 Å². The van der Waals surface area contributed by atoms with Gasteiger partial charge in [-0.1, -0.05) is 18.2 Å². The molecule has 3 aromatic rings. The summed E-state index contributed by atoms with van der Waals surface area (Å²) in [4.78, 5) is 32.9. The number of alkyl halides is 3. The normalized spacial score (nSPS) is 15.7. The Hall–Kier alpha value is -3.93. The number of rotatable bonds is 4. The molecule has 2 aromatic heterocycles. The molecule has 9 nitrogen and oxygen atoms in total. The number of nitrogens with zero attached hydrogens (tertiary/aromatic N) is 4. The Kier molecular flexibility index (Phi) is 8.07. The summed E-state index contributed by atoms with van der Waals surface area (Å²) in [5, 5.41) is 10.4. The number of para-hydroxylation sites is 1. The highest BCUT2D eigenvalue weighted by molar-refractivity contribution is 5.93. The number of halogens is 3. The highest BCUT2D eigenvalue weighted by Gasteiger charge is 2.38. The number of benzene rings is 1. The SMILES string of the molecule is COc1ccc(-c2nc(C(=O)N3CCNCC3C)cn2-c2ccccc2)cn1.O=C(O)C(F)(F)F. The van der Waals surface area contributed by atoms with Crippen molar-refractivity contribution in [3.63, 3.8) is 0 Å². The third-order valence-electron chi connectivity index (χ3n) is 5.17. The maximum absolute atomic E-state index is 13.1. The smallest absolute Gasteiger partial charge is 0.481 e. The Morgan fingerprint density at radius 2 is 1.86 bits per heavy atom. The standard InChI is InChI=1S/C21H23N5O2.C2HF3O2/c1-15-12-22-10-11-25(15)21(27)18-14-26(17-6-4-3-5-7-17)20(24-18)16-8-9-19(28-2)23-13-16;3-2(4,5)1(6)7/h3-9,13-15,22H,10-12H2,1-2H3;(H,6,7). The lowest BCUT2D eigenvalue weighted by Crippen LogP contribution is -2.52. The van der Waals surface area contributed by atoms with Gasteiger partial charge in [0.25, 0.3) is 5.91 Å². The number of carboxylic acid groups (broad SMARTS) is 1. The van der Waals surface area contributed by atoms with Crippen molar-refractivity contribution in [3.05, 3.63) is 60.6 Å². The van der Waals surface area contributed by atoms with Gasteiger partial charge >= 0.3 is 12.1 Å². The van der Waals surface area contributed by atoms with Crippen LogP contribution in [0.5, 0.6) is 5.88 Å². The van der Waals surface area contributed by atoms with E-state index in [9.17, 15) is 18.0 Å². The van der Waals surface area contributed by atoms with Crippen LogP contribution in [0.2, 0.25) is 0 Å². The maximum Gasteiger partial charge on any atom is 0.490 e. The van der Waals surface area contributed by atoms with Crippen LogP contribution in [-0.2, 0) is 4.79 Å². The summed E-state index contributed by atoms with van der Waals surface area (Å²) in [7, 11) is 1.58. The molecule has 0 radical (unpaired) electrons. The summed E-state index contributed by atoms with van der Waals surface area (Å²) in [5.74, 6) is -1.60. The molecule has 4 rings (SSSR count). The van der Waals surface area contributed by atoms with E-state index in [1.807, 2.05) is 59.0 Å². The molecule has 1 atom stereocenters. The third-order valence-corrected chi connectivity index (χ3v) is 5.17. The lowest BCUT2D eigenvalue weighted by Gasteiger charge is -2.33. The highest BCUT2D eigenvalue weighted by atomic mass is 19.4. The zero-order valence-electron chi connectivity index (χ0n) is 19.0. The number of ether oxygens (including phenoxy) is 1. The first kappa shape index (κ1) is 25.7. The quantitative estimate of drug-likeness (QED) is 0.578. The average Bonchev–Trinajstić information content (AvgIpc) is 3.30. The van der Waals surface area contributed by atoms with Crippen molar-refractivity contribution in [1.82, 2.24) is 24.8 Å². The minimum atomic E-state index is -5.08. The molecule has 0 aliphatic carbocycles. The van der Waals surface area contributed by atoms with Gasteiger partial charge in [0.2, 0.25) is 5.88 Å². The number of carboxylic acids is 1. The van der Waals surface area contributed by atoms with E-state index in [0.29, 0.717) is 23.9 Å². The van der Waals surface area contributed by atoms with Crippen molar-refractivity contribution < 1.29 is 32.6 Å². The summed E-state index contributed by atoms with van der Waals surface area (Å²) in [6.07, 6.45) is -1.56. The van der Waals surface area contributed by atoms with Gasteiger partial charge in [0.05, 0.1) is 7.11 Å². The number of hydrogen-bond acceptors (Lipinski definition) is 6. The van der Waals surface area contributed by atoms with Crippen LogP contribution in [0.4, 0.5) is 13.2 Å². The molecule has 0 bridgehead atoms. The van der Waals surface area contributed by atoms with Crippen molar-refractivity contribution >= 4 is 11.9 Å². The number of imidazole rings is 1. The number of aliphatic carboxylic acids is 1. The molecule has 1 aliphatic heterocycles. The van der Waals surface area contributed by atoms with Crippen LogP contribution in [0.25, 0.3) is 17.1 Å². The molecule has 12 heteroatoms. The van der Waals surface area contributed by atoms with Crippen molar-refractivity contribution in [1.29, 1.82) is 0 Å². The molecular weight excluding hydrogens is 467 g/mol. The van der Waals surface area contributed by atoms with Crippen molar-refractivity contribution in [3.8, 4) is 23.0 Å². The number of carbonyl (C=O) groups excluding carboxylic acids is 1. The van der Waals surface area contributed by atoms with Crippen molar-refractivity contribution in [2.45, 2.75) is 19.1 Å². The molecule has 0 saturated carbocycles. The predicted molar refractivity (Wildman–Crippen MR) is 120 cm³/mol. The van der Waals surface area contributed by atoms with Gasteiger partial charge in [0.1, 0.15) is 11.5 Å². The van der Waals surface area contributed by atoms with Crippen LogP contribution in [0.15, 0.2) is 54.9 Å². The van der Waals surface area contributed by atoms with Crippen LogP contribution < -0.4 is 10.1 Å². The minimum Gasteiger partial charge on any atom is -0.481 e. The van der Waals surface area contributed by atoms with E-state index in [0.717, 1.165) is 24.3 Å². The topological polar surface area (TPSA) is 110 Å². The second-order valence-electron chi connectivity index (χ2n) is 7.60. The molecular formula is C23H24F3N5O4. The zero-order valence-corrected chi connectivity index (χ0v) is 19.0. The Labute approximate surface area is 199 Å². The van der Waals surface area contributed by atoms with Gasteiger partial charge in [0.15, 0.2) is 0 Å². The second-order valence-corrected chi connectivity index (χ2v) is 7.60. The van der Waals surface area contributed by atoms with Crippen molar-refractivity contribution in [2.75, 3.05) is 26.7 Å². The second kappa shape index (κ2) is 11.0. The average molecular weight is 491 g/mol. The largest absolute Gasteiger partial charge is 0.490 e. The molecule has 1 fully saturated rings. The van der Waals surface area contributed by atoms with Gasteiger partial charge in [-0.2, -0.15) is 13.2 Å². The van der Waals surface area contributed by atoms with E-state index in [4.69, 9.17) is 19.6 Å². The predicted octanol–water partition coefficient (Wildman–Crippen LogP) is 3.01. The van der Waals surface area contributed by atoms with Crippen molar-refractivity contribution in [2.24, 2.45) is 0 Å². The molecule has 1 aliphatic rings. The maximum atomic E-state index is 13.1. The third kappa shape index (κ3) is 6.35. The lowest BCUT2D eigenvalue weighted by molar-refractivity contribution is -0.192. The number of piperazine rings is 1. The molecule has 1 aromatic carbocycles. The fourth-order valence-corrected chi connectivity index (χ4v) is 3.40. The molecule has 1 unspecified atom stereocenters. The van der Waals surface area contributed by atoms with Gasteiger partial charge in [-0.05, 0) is 25.1 Å². The van der Waals surface area contributed by atoms with Gasteiger partial charge < -0.3 is 20.1 Å². The number of carbonyl (C=O) groups is 2. The molecule has 1 saturated heterocycles. The van der Waals surface area contributed by atoms with E-state index in [2.05, 4.69) is 10.3 Å². The van der Waals surface area contributed by atoms with E-state index < -0.39 is 12.1 Å². The zero-order chi connectivity index (χ0) is 25.6. The van der Waals surface area contributed by atoms with Gasteiger partial charge in [-0.25, -0.2) is 14.8 Å². The van der Waals surface area contributed by atoms with Gasteiger partial charge in [0, 0.05) is 55.4 Å². The first-order valence-corrected chi connectivity index (χ1v) is 10.6. The molecule has 1 amide bonds. The van der Waals surface area contributed by atoms with Crippen LogP contribution in [0, 0.1) is 0 Å². The van der Waals surface area contributed by atoms with Crippen LogP contribution in [0.1, 0.15) is 17.4 Å². The number of amides is 1. The first-order chi connectivity index (χ1) is 16.6. The Morgan fingerprint density at radius 1 is 1.17 bits per heavy atom. The lowest BCUT2D eigenvalue weighted by atomic mass is 10.2. The molecule has 35 heavy (non-hydrogen) atoms. The summed E-state index contributed by atoms with van der Waals surface area (Å²) >= 11 is 0. The summed E-state index contributed by atoms with van der Waals surface area (Å²) in [5.41, 5.74) is 2.19. The first-order valence-electron chi connectivity index (χ1n) is 10.6. The van der Waals surface area contributed by atoms with Crippen LogP contribution in [-0.4, -0.2) is 75.4 Å². The monoisotopic (exact) mass is 491 g/mol. The number of pyridine rings is 1. The van der Waals surface area contributed by atoms with Gasteiger partial charge in [-0.3, -0.25) is 9.36 Å². The van der Waals surface area contributed by atoms with E-state index in [1.54, 1.807) is 19.4 Å². The summed E-state index contributed by atoms with van der Waals surface area (Å²) < 4.78 is 38.8. The summed E-state index contributed by atoms with van der Waals surface area (Å²) in [6.45, 7) is 4.31. The Bertz CT molecular complexity index is 1150. The number of methoxy groups -OCH3 is 1. The Balaban J connectivity index is 0.000000429. The molecule has 2 N–H and O–H groups in total.